The van der Waals surface area contributed by atoms with E-state index in [-0.39, 0.29) is 5.91 Å². The van der Waals surface area contributed by atoms with E-state index in [4.69, 9.17) is 4.42 Å². The molecule has 0 radical (unpaired) electrons. The molecule has 1 fully saturated rings. The number of amides is 1. The van der Waals surface area contributed by atoms with E-state index in [9.17, 15) is 4.79 Å². The van der Waals surface area contributed by atoms with Gasteiger partial charge in [0, 0.05) is 25.7 Å². The highest BCUT2D eigenvalue weighted by atomic mass is 16.3. The zero-order valence-corrected chi connectivity index (χ0v) is 12.3. The third-order valence-electron chi connectivity index (χ3n) is 3.75. The molecule has 5 nitrogen and oxygen atoms in total. The standard InChI is InChI=1S/C16H19N3O2/c1-11-10-19(8-7-17-11)16(20)13-5-6-14(18-12(13)2)15-4-3-9-21-15/h3-6,9,11,17H,7-8,10H2,1-2H3. The molecule has 0 bridgehead atoms. The van der Waals surface area contributed by atoms with Crippen molar-refractivity contribution in [3.05, 3.63) is 41.8 Å². The Balaban J connectivity index is 1.84. The normalized spacial score (nSPS) is 18.8. The van der Waals surface area contributed by atoms with Crippen LogP contribution in [0, 0.1) is 6.92 Å². The highest BCUT2D eigenvalue weighted by Crippen LogP contribution is 2.20. The third-order valence-corrected chi connectivity index (χ3v) is 3.75. The minimum absolute atomic E-state index is 0.0549. The minimum Gasteiger partial charge on any atom is -0.463 e. The zero-order valence-electron chi connectivity index (χ0n) is 12.3. The van der Waals surface area contributed by atoms with Crippen molar-refractivity contribution in [1.29, 1.82) is 0 Å². The van der Waals surface area contributed by atoms with Crippen LogP contribution in [0.5, 0.6) is 0 Å². The molecule has 0 aliphatic carbocycles. The van der Waals surface area contributed by atoms with Crippen LogP contribution in [0.2, 0.25) is 0 Å². The SMILES string of the molecule is Cc1nc(-c2ccco2)ccc1C(=O)N1CCNC(C)C1. The molecule has 3 heterocycles. The fraction of sp³-hybridized carbons (Fsp3) is 0.375. The molecule has 1 N–H and O–H groups in total. The van der Waals surface area contributed by atoms with Gasteiger partial charge in [-0.3, -0.25) is 4.79 Å². The van der Waals surface area contributed by atoms with Gasteiger partial charge in [0.2, 0.25) is 0 Å². The van der Waals surface area contributed by atoms with E-state index in [0.717, 1.165) is 31.0 Å². The van der Waals surface area contributed by atoms with Crippen molar-refractivity contribution in [2.24, 2.45) is 0 Å². The average molecular weight is 285 g/mol. The van der Waals surface area contributed by atoms with Crippen LogP contribution in [0.3, 0.4) is 0 Å². The van der Waals surface area contributed by atoms with Gasteiger partial charge in [0.05, 0.1) is 17.5 Å². The molecule has 1 atom stereocenters. The van der Waals surface area contributed by atoms with Gasteiger partial charge in [-0.1, -0.05) is 0 Å². The highest BCUT2D eigenvalue weighted by Gasteiger charge is 2.23. The topological polar surface area (TPSA) is 58.4 Å². The van der Waals surface area contributed by atoms with Crippen LogP contribution >= 0.6 is 0 Å². The smallest absolute Gasteiger partial charge is 0.255 e. The van der Waals surface area contributed by atoms with E-state index in [0.29, 0.717) is 17.4 Å². The molecule has 21 heavy (non-hydrogen) atoms. The number of carbonyl (C=O) groups is 1. The number of nitrogens with one attached hydrogen (secondary N) is 1. The Kier molecular flexibility index (Phi) is 3.75. The summed E-state index contributed by atoms with van der Waals surface area (Å²) in [5.41, 5.74) is 2.15. The quantitative estimate of drug-likeness (QED) is 0.918. The fourth-order valence-corrected chi connectivity index (χ4v) is 2.64. The molecule has 1 aliphatic rings. The summed E-state index contributed by atoms with van der Waals surface area (Å²) in [4.78, 5) is 19.0. The predicted molar refractivity (Wildman–Crippen MR) is 80.0 cm³/mol. The summed E-state index contributed by atoms with van der Waals surface area (Å²) in [5, 5.41) is 3.34. The zero-order chi connectivity index (χ0) is 14.8. The van der Waals surface area contributed by atoms with Crippen LogP contribution in [-0.2, 0) is 0 Å². The Bertz CT molecular complexity index is 637. The Labute approximate surface area is 124 Å². The molecular formula is C16H19N3O2. The lowest BCUT2D eigenvalue weighted by Gasteiger charge is -2.32. The van der Waals surface area contributed by atoms with Crippen molar-refractivity contribution in [2.45, 2.75) is 19.9 Å². The number of aromatic nitrogens is 1. The summed E-state index contributed by atoms with van der Waals surface area (Å²) >= 11 is 0. The molecule has 3 rings (SSSR count). The van der Waals surface area contributed by atoms with E-state index in [2.05, 4.69) is 17.2 Å². The monoisotopic (exact) mass is 285 g/mol. The Morgan fingerprint density at radius 3 is 2.95 bits per heavy atom. The first-order valence-electron chi connectivity index (χ1n) is 7.19. The minimum atomic E-state index is 0.0549. The molecule has 2 aromatic heterocycles. The van der Waals surface area contributed by atoms with Crippen LogP contribution in [0.4, 0.5) is 0 Å². The van der Waals surface area contributed by atoms with Gasteiger partial charge in [-0.15, -0.1) is 0 Å². The van der Waals surface area contributed by atoms with E-state index in [1.54, 1.807) is 6.26 Å². The number of rotatable bonds is 2. The number of hydrogen-bond acceptors (Lipinski definition) is 4. The second-order valence-electron chi connectivity index (χ2n) is 5.41. The summed E-state index contributed by atoms with van der Waals surface area (Å²) in [6.45, 7) is 6.26. The van der Waals surface area contributed by atoms with Gasteiger partial charge in [0.15, 0.2) is 5.76 Å². The van der Waals surface area contributed by atoms with Crippen LogP contribution in [-0.4, -0.2) is 41.5 Å². The van der Waals surface area contributed by atoms with Gasteiger partial charge in [-0.25, -0.2) is 4.98 Å². The number of furan rings is 1. The molecule has 1 aliphatic heterocycles. The van der Waals surface area contributed by atoms with E-state index in [1.165, 1.54) is 0 Å². The number of aryl methyl sites for hydroxylation is 1. The van der Waals surface area contributed by atoms with Crippen LogP contribution in [0.1, 0.15) is 23.0 Å². The fourth-order valence-electron chi connectivity index (χ4n) is 2.64. The first-order valence-corrected chi connectivity index (χ1v) is 7.19. The molecule has 110 valence electrons. The van der Waals surface area contributed by atoms with Gasteiger partial charge >= 0.3 is 0 Å². The molecule has 5 heteroatoms. The van der Waals surface area contributed by atoms with Gasteiger partial charge < -0.3 is 14.6 Å². The summed E-state index contributed by atoms with van der Waals surface area (Å²) in [5.74, 6) is 0.771. The number of nitrogens with zero attached hydrogens (tertiary/aromatic N) is 2. The second-order valence-corrected chi connectivity index (χ2v) is 5.41. The highest BCUT2D eigenvalue weighted by molar-refractivity contribution is 5.95. The Hall–Kier alpha value is -2.14. The van der Waals surface area contributed by atoms with Crippen molar-refractivity contribution in [2.75, 3.05) is 19.6 Å². The van der Waals surface area contributed by atoms with E-state index >= 15 is 0 Å². The van der Waals surface area contributed by atoms with Gasteiger partial charge in [-0.2, -0.15) is 0 Å². The van der Waals surface area contributed by atoms with Crippen molar-refractivity contribution in [3.8, 4) is 11.5 Å². The maximum Gasteiger partial charge on any atom is 0.255 e. The van der Waals surface area contributed by atoms with Crippen molar-refractivity contribution < 1.29 is 9.21 Å². The summed E-state index contributed by atoms with van der Waals surface area (Å²) < 4.78 is 5.34. The maximum atomic E-state index is 12.6. The Morgan fingerprint density at radius 2 is 2.29 bits per heavy atom. The Morgan fingerprint density at radius 1 is 1.43 bits per heavy atom. The second kappa shape index (κ2) is 5.69. The molecule has 0 aromatic carbocycles. The lowest BCUT2D eigenvalue weighted by Crippen LogP contribution is -2.51. The van der Waals surface area contributed by atoms with Gasteiger partial charge in [-0.05, 0) is 38.1 Å². The number of piperazine rings is 1. The van der Waals surface area contributed by atoms with E-state index in [1.807, 2.05) is 36.1 Å². The summed E-state index contributed by atoms with van der Waals surface area (Å²) in [6, 6.07) is 7.70. The van der Waals surface area contributed by atoms with Crippen LogP contribution in [0.15, 0.2) is 34.9 Å². The molecule has 2 aromatic rings. The molecule has 1 saturated heterocycles. The number of hydrogen-bond donors (Lipinski definition) is 1. The lowest BCUT2D eigenvalue weighted by molar-refractivity contribution is 0.0708. The summed E-state index contributed by atoms with van der Waals surface area (Å²) in [7, 11) is 0. The average Bonchev–Trinajstić information content (AvgIpc) is 3.00. The molecule has 1 unspecified atom stereocenters. The lowest BCUT2D eigenvalue weighted by atomic mass is 10.1. The van der Waals surface area contributed by atoms with Crippen molar-refractivity contribution >= 4 is 5.91 Å². The third kappa shape index (κ3) is 2.83. The first-order chi connectivity index (χ1) is 10.1. The summed E-state index contributed by atoms with van der Waals surface area (Å²) in [6.07, 6.45) is 1.62. The largest absolute Gasteiger partial charge is 0.463 e. The van der Waals surface area contributed by atoms with Crippen molar-refractivity contribution in [3.63, 3.8) is 0 Å². The maximum absolute atomic E-state index is 12.6. The van der Waals surface area contributed by atoms with Gasteiger partial charge in [0.1, 0.15) is 5.69 Å². The van der Waals surface area contributed by atoms with Crippen LogP contribution < -0.4 is 5.32 Å². The number of carbonyl (C=O) groups excluding carboxylic acids is 1. The molecule has 0 saturated carbocycles. The van der Waals surface area contributed by atoms with Gasteiger partial charge in [0.25, 0.3) is 5.91 Å². The number of pyridine rings is 1. The predicted octanol–water partition coefficient (Wildman–Crippen LogP) is 2.08. The molecular weight excluding hydrogens is 266 g/mol. The molecule has 0 spiro atoms. The first kappa shape index (κ1) is 13.8. The van der Waals surface area contributed by atoms with Crippen LogP contribution in [0.25, 0.3) is 11.5 Å². The van der Waals surface area contributed by atoms with Crippen molar-refractivity contribution in [1.82, 2.24) is 15.2 Å². The molecule has 1 amide bonds. The van der Waals surface area contributed by atoms with E-state index < -0.39 is 0 Å².